The number of amides is 1. The number of benzene rings is 3. The summed E-state index contributed by atoms with van der Waals surface area (Å²) in [5.74, 6) is -0.625. The van der Waals surface area contributed by atoms with Crippen molar-refractivity contribution in [2.24, 2.45) is 0 Å². The van der Waals surface area contributed by atoms with Crippen LogP contribution in [0.2, 0.25) is 0 Å². The van der Waals surface area contributed by atoms with Gasteiger partial charge in [-0.15, -0.1) is 5.10 Å². The molecule has 0 fully saturated rings. The lowest BCUT2D eigenvalue weighted by atomic mass is 10.0. The number of carbonyl (C=O) groups excluding carboxylic acids is 1. The van der Waals surface area contributed by atoms with Crippen molar-refractivity contribution in [1.29, 1.82) is 0 Å². The Morgan fingerprint density at radius 3 is 2.47 bits per heavy atom. The van der Waals surface area contributed by atoms with E-state index >= 15 is 0 Å². The molecule has 2 heterocycles. The van der Waals surface area contributed by atoms with Crippen molar-refractivity contribution in [2.45, 2.75) is 39.3 Å². The number of para-hydroxylation sites is 1. The van der Waals surface area contributed by atoms with Crippen LogP contribution in [0.3, 0.4) is 0 Å². The fraction of sp³-hybridized carbons (Fsp3) is 0.207. The monoisotopic (exact) mass is 481 g/mol. The minimum Gasteiger partial charge on any atom is -0.348 e. The maximum Gasteiger partial charge on any atom is 0.274 e. The van der Waals surface area contributed by atoms with Crippen molar-refractivity contribution in [3.8, 4) is 16.9 Å². The third-order valence-corrected chi connectivity index (χ3v) is 6.44. The molecule has 2 aromatic heterocycles. The average molecular weight is 482 g/mol. The standard InChI is InChI=1S/C29H28FN5O/c1-3-34-19-22(25-11-7-8-12-26(25)34)14-13-20(2)31-29(36)27-28(21-9-5-4-6-10-21)35(33-32-27)24-17-15-23(30)16-18-24/h4-12,15-20H,3,13-14H2,1-2H3,(H,31,36). The second-order valence-corrected chi connectivity index (χ2v) is 8.91. The van der Waals surface area contributed by atoms with Crippen LogP contribution in [0.15, 0.2) is 85.1 Å². The van der Waals surface area contributed by atoms with Crippen molar-refractivity contribution < 1.29 is 9.18 Å². The van der Waals surface area contributed by atoms with Crippen LogP contribution in [0.4, 0.5) is 4.39 Å². The zero-order chi connectivity index (χ0) is 25.1. The molecule has 0 bridgehead atoms. The highest BCUT2D eigenvalue weighted by Crippen LogP contribution is 2.26. The predicted molar refractivity (Wildman–Crippen MR) is 140 cm³/mol. The first-order valence-corrected chi connectivity index (χ1v) is 12.2. The second-order valence-electron chi connectivity index (χ2n) is 8.91. The van der Waals surface area contributed by atoms with Gasteiger partial charge in [-0.25, -0.2) is 9.07 Å². The first-order chi connectivity index (χ1) is 17.5. The lowest BCUT2D eigenvalue weighted by Crippen LogP contribution is -2.33. The van der Waals surface area contributed by atoms with Gasteiger partial charge in [0.1, 0.15) is 11.5 Å². The van der Waals surface area contributed by atoms with Crippen LogP contribution in [0.25, 0.3) is 27.8 Å². The first kappa shape index (κ1) is 23.5. The predicted octanol–water partition coefficient (Wildman–Crippen LogP) is 5.80. The van der Waals surface area contributed by atoms with Gasteiger partial charge >= 0.3 is 0 Å². The molecule has 1 unspecified atom stereocenters. The van der Waals surface area contributed by atoms with Crippen LogP contribution < -0.4 is 5.32 Å². The summed E-state index contributed by atoms with van der Waals surface area (Å²) in [4.78, 5) is 13.3. The van der Waals surface area contributed by atoms with Gasteiger partial charge in [0.15, 0.2) is 5.69 Å². The molecule has 36 heavy (non-hydrogen) atoms. The number of halogens is 1. The molecule has 0 radical (unpaired) electrons. The summed E-state index contributed by atoms with van der Waals surface area (Å²) in [6.07, 6.45) is 3.85. The number of rotatable bonds is 8. The maximum absolute atomic E-state index is 13.5. The normalized spacial score (nSPS) is 12.1. The molecule has 7 heteroatoms. The Labute approximate surface area is 209 Å². The Bertz CT molecular complexity index is 1490. The quantitative estimate of drug-likeness (QED) is 0.305. The van der Waals surface area contributed by atoms with Gasteiger partial charge in [0.2, 0.25) is 0 Å². The van der Waals surface area contributed by atoms with Gasteiger partial charge < -0.3 is 9.88 Å². The maximum atomic E-state index is 13.5. The Kier molecular flexibility index (Phi) is 6.62. The number of hydrogen-bond acceptors (Lipinski definition) is 3. The largest absolute Gasteiger partial charge is 0.348 e. The van der Waals surface area contributed by atoms with Gasteiger partial charge in [-0.1, -0.05) is 53.7 Å². The summed E-state index contributed by atoms with van der Waals surface area (Å²) in [6, 6.07) is 23.8. The molecule has 1 atom stereocenters. The van der Waals surface area contributed by atoms with E-state index in [0.717, 1.165) is 24.9 Å². The van der Waals surface area contributed by atoms with Crippen LogP contribution in [0.1, 0.15) is 36.3 Å². The third kappa shape index (κ3) is 4.64. The highest BCUT2D eigenvalue weighted by Gasteiger charge is 2.23. The molecule has 1 N–H and O–H groups in total. The average Bonchev–Trinajstić information content (AvgIpc) is 3.50. The number of carbonyl (C=O) groups is 1. The number of aryl methyl sites for hydroxylation is 2. The minimum absolute atomic E-state index is 0.0687. The fourth-order valence-electron chi connectivity index (χ4n) is 4.57. The molecule has 0 spiro atoms. The van der Waals surface area contributed by atoms with Crippen LogP contribution in [0.5, 0.6) is 0 Å². The van der Waals surface area contributed by atoms with E-state index in [2.05, 4.69) is 57.6 Å². The molecule has 1 amide bonds. The van der Waals surface area contributed by atoms with Gasteiger partial charge in [0.25, 0.3) is 5.91 Å². The topological polar surface area (TPSA) is 64.7 Å². The molecular weight excluding hydrogens is 453 g/mol. The molecule has 0 aliphatic heterocycles. The Morgan fingerprint density at radius 1 is 1.00 bits per heavy atom. The Hall–Kier alpha value is -4.26. The van der Waals surface area contributed by atoms with Crippen molar-refractivity contribution in [3.63, 3.8) is 0 Å². The molecule has 5 rings (SSSR count). The summed E-state index contributed by atoms with van der Waals surface area (Å²) >= 11 is 0. The highest BCUT2D eigenvalue weighted by molar-refractivity contribution is 5.98. The second kappa shape index (κ2) is 10.2. The highest BCUT2D eigenvalue weighted by atomic mass is 19.1. The van der Waals surface area contributed by atoms with E-state index in [4.69, 9.17) is 0 Å². The summed E-state index contributed by atoms with van der Waals surface area (Å²) in [6.45, 7) is 5.06. The molecule has 0 aliphatic rings. The van der Waals surface area contributed by atoms with E-state index in [0.29, 0.717) is 11.4 Å². The number of aromatic nitrogens is 4. The van der Waals surface area contributed by atoms with Crippen LogP contribution in [-0.2, 0) is 13.0 Å². The van der Waals surface area contributed by atoms with Crippen molar-refractivity contribution >= 4 is 16.8 Å². The zero-order valence-corrected chi connectivity index (χ0v) is 20.4. The van der Waals surface area contributed by atoms with Crippen LogP contribution in [0, 0.1) is 5.82 Å². The molecular formula is C29H28FN5O. The van der Waals surface area contributed by atoms with Gasteiger partial charge in [-0.3, -0.25) is 4.79 Å². The number of fused-ring (bicyclic) bond motifs is 1. The molecule has 0 saturated heterocycles. The first-order valence-electron chi connectivity index (χ1n) is 12.2. The Morgan fingerprint density at radius 2 is 1.72 bits per heavy atom. The SMILES string of the molecule is CCn1cc(CCC(C)NC(=O)c2nnn(-c3ccc(F)cc3)c2-c2ccccc2)c2ccccc21. The molecule has 0 saturated carbocycles. The smallest absolute Gasteiger partial charge is 0.274 e. The Balaban J connectivity index is 1.37. The fourth-order valence-corrected chi connectivity index (χ4v) is 4.57. The third-order valence-electron chi connectivity index (χ3n) is 6.44. The molecule has 3 aromatic carbocycles. The molecule has 0 aliphatic carbocycles. The summed E-state index contributed by atoms with van der Waals surface area (Å²) in [7, 11) is 0. The van der Waals surface area contributed by atoms with Gasteiger partial charge in [-0.2, -0.15) is 0 Å². The van der Waals surface area contributed by atoms with E-state index in [1.807, 2.05) is 37.3 Å². The minimum atomic E-state index is -0.339. The van der Waals surface area contributed by atoms with Crippen molar-refractivity contribution in [3.05, 3.63) is 102 Å². The molecule has 5 aromatic rings. The van der Waals surface area contributed by atoms with E-state index < -0.39 is 0 Å². The summed E-state index contributed by atoms with van der Waals surface area (Å²) < 4.78 is 17.3. The van der Waals surface area contributed by atoms with Crippen molar-refractivity contribution in [2.75, 3.05) is 0 Å². The van der Waals surface area contributed by atoms with Gasteiger partial charge in [-0.05, 0) is 62.6 Å². The summed E-state index contributed by atoms with van der Waals surface area (Å²) in [5, 5.41) is 12.8. The van der Waals surface area contributed by atoms with Crippen LogP contribution >= 0.6 is 0 Å². The van der Waals surface area contributed by atoms with Crippen molar-refractivity contribution in [1.82, 2.24) is 24.9 Å². The molecule has 6 nitrogen and oxygen atoms in total. The van der Waals surface area contributed by atoms with Gasteiger partial charge in [0.05, 0.1) is 5.69 Å². The number of nitrogens with one attached hydrogen (secondary N) is 1. The lowest BCUT2D eigenvalue weighted by Gasteiger charge is -2.14. The number of hydrogen-bond donors (Lipinski definition) is 1. The summed E-state index contributed by atoms with van der Waals surface area (Å²) in [5.41, 5.74) is 4.74. The van der Waals surface area contributed by atoms with Gasteiger partial charge in [0, 0.05) is 35.2 Å². The van der Waals surface area contributed by atoms with E-state index in [9.17, 15) is 9.18 Å². The zero-order valence-electron chi connectivity index (χ0n) is 20.4. The van der Waals surface area contributed by atoms with E-state index in [-0.39, 0.29) is 23.5 Å². The molecule has 182 valence electrons. The lowest BCUT2D eigenvalue weighted by molar-refractivity contribution is 0.0934. The number of nitrogens with zero attached hydrogens (tertiary/aromatic N) is 4. The van der Waals surface area contributed by atoms with E-state index in [1.165, 1.54) is 28.6 Å². The van der Waals surface area contributed by atoms with E-state index in [1.54, 1.807) is 16.8 Å². The van der Waals surface area contributed by atoms with Crippen LogP contribution in [-0.4, -0.2) is 31.5 Å².